The van der Waals surface area contributed by atoms with Crippen molar-refractivity contribution in [3.63, 3.8) is 0 Å². The number of hydrogen-bond acceptors (Lipinski definition) is 6. The number of fused-ring (bicyclic) bond motifs is 1. The van der Waals surface area contributed by atoms with Gasteiger partial charge in [0.2, 0.25) is 5.95 Å². The van der Waals surface area contributed by atoms with Gasteiger partial charge in [-0.3, -0.25) is 10.1 Å². The Morgan fingerprint density at radius 1 is 1.37 bits per heavy atom. The molecule has 1 aliphatic rings. The normalized spacial score (nSPS) is 21.8. The predicted octanol–water partition coefficient (Wildman–Crippen LogP) is 4.99. The molecule has 0 radical (unpaired) electrons. The molecule has 0 bridgehead atoms. The van der Waals surface area contributed by atoms with Crippen molar-refractivity contribution >= 4 is 56.7 Å². The Labute approximate surface area is 188 Å². The molecule has 9 heteroatoms. The Kier molecular flexibility index (Phi) is 6.16. The quantitative estimate of drug-likeness (QED) is 0.534. The number of piperidine rings is 1. The lowest BCUT2D eigenvalue weighted by Crippen LogP contribution is -2.61. The summed E-state index contributed by atoms with van der Waals surface area (Å²) in [5.74, 6) is -0.171. The molecule has 3 aromatic rings. The number of carboxylic acids is 1. The molecule has 30 heavy (non-hydrogen) atoms. The number of nitrogens with zero attached hydrogens (tertiary/aromatic N) is 3. The van der Waals surface area contributed by atoms with Gasteiger partial charge in [0.25, 0.3) is 0 Å². The summed E-state index contributed by atoms with van der Waals surface area (Å²) in [7, 11) is 0. The van der Waals surface area contributed by atoms with Crippen LogP contribution in [0.25, 0.3) is 10.2 Å². The summed E-state index contributed by atoms with van der Waals surface area (Å²) in [5, 5.41) is 17.4. The number of benzene rings is 1. The second-order valence-corrected chi connectivity index (χ2v) is 9.26. The van der Waals surface area contributed by atoms with Crippen LogP contribution in [0.1, 0.15) is 31.7 Å². The molecule has 2 unspecified atom stereocenters. The van der Waals surface area contributed by atoms with E-state index in [0.29, 0.717) is 41.9 Å². The molecule has 1 fully saturated rings. The van der Waals surface area contributed by atoms with E-state index in [2.05, 4.69) is 22.1 Å². The van der Waals surface area contributed by atoms with Crippen molar-refractivity contribution in [1.82, 2.24) is 15.3 Å². The molecule has 0 amide bonds. The number of nitrogens with one attached hydrogen (secondary N) is 1. The van der Waals surface area contributed by atoms with Gasteiger partial charge < -0.3 is 10.0 Å². The van der Waals surface area contributed by atoms with Crippen molar-refractivity contribution in [1.29, 1.82) is 0 Å². The molecule has 0 spiro atoms. The van der Waals surface area contributed by atoms with Crippen LogP contribution in [-0.4, -0.2) is 39.2 Å². The lowest BCUT2D eigenvalue weighted by molar-refractivity contribution is -0.146. The van der Waals surface area contributed by atoms with Gasteiger partial charge in [-0.15, -0.1) is 11.3 Å². The fraction of sp³-hybridized carbons (Fsp3) is 0.381. The molecule has 1 aromatic carbocycles. The molecule has 4 rings (SSSR count). The van der Waals surface area contributed by atoms with Gasteiger partial charge in [-0.1, -0.05) is 36.2 Å². The minimum absolute atomic E-state index is 0.0218. The van der Waals surface area contributed by atoms with Gasteiger partial charge in [0.1, 0.15) is 10.4 Å². The predicted molar refractivity (Wildman–Crippen MR) is 122 cm³/mol. The number of thiophene rings is 1. The average Bonchev–Trinajstić information content (AvgIpc) is 3.22. The molecule has 6 nitrogen and oxygen atoms in total. The van der Waals surface area contributed by atoms with Crippen molar-refractivity contribution in [3.05, 3.63) is 51.5 Å². The van der Waals surface area contributed by atoms with Gasteiger partial charge in [0.15, 0.2) is 0 Å². The highest BCUT2D eigenvalue weighted by Gasteiger charge is 2.45. The van der Waals surface area contributed by atoms with E-state index >= 15 is 0 Å². The minimum Gasteiger partial charge on any atom is -0.480 e. The lowest BCUT2D eigenvalue weighted by Gasteiger charge is -2.44. The Bertz CT molecular complexity index is 1080. The molecule has 2 N–H and O–H groups in total. The largest absolute Gasteiger partial charge is 0.480 e. The number of halogens is 2. The zero-order chi connectivity index (χ0) is 21.3. The first-order chi connectivity index (χ1) is 14.4. The van der Waals surface area contributed by atoms with Crippen molar-refractivity contribution in [3.8, 4) is 0 Å². The van der Waals surface area contributed by atoms with E-state index in [4.69, 9.17) is 28.2 Å². The number of hydrogen-bond donors (Lipinski definition) is 2. The highest BCUT2D eigenvalue weighted by molar-refractivity contribution is 7.16. The van der Waals surface area contributed by atoms with E-state index < -0.39 is 11.5 Å². The lowest BCUT2D eigenvalue weighted by atomic mass is 9.82. The van der Waals surface area contributed by atoms with Gasteiger partial charge in [-0.2, -0.15) is 0 Å². The fourth-order valence-corrected chi connectivity index (χ4v) is 5.03. The summed E-state index contributed by atoms with van der Waals surface area (Å²) < 4.78 is 0. The van der Waals surface area contributed by atoms with Gasteiger partial charge in [0.05, 0.1) is 10.0 Å². The van der Waals surface area contributed by atoms with Crippen LogP contribution >= 0.6 is 34.5 Å². The number of carbonyl (C=O) groups is 1. The molecule has 0 saturated carbocycles. The smallest absolute Gasteiger partial charge is 0.324 e. The molecular formula is C21H22Cl2N4O2S. The third-order valence-corrected chi connectivity index (χ3v) is 7.31. The maximum absolute atomic E-state index is 12.3. The zero-order valence-corrected chi connectivity index (χ0v) is 18.8. The second-order valence-electron chi connectivity index (χ2n) is 7.55. The van der Waals surface area contributed by atoms with E-state index in [1.807, 2.05) is 23.7 Å². The van der Waals surface area contributed by atoms with Gasteiger partial charge in [-0.05, 0) is 48.4 Å². The molecule has 1 aliphatic heterocycles. The summed E-state index contributed by atoms with van der Waals surface area (Å²) in [6.45, 7) is 3.03. The first-order valence-corrected chi connectivity index (χ1v) is 11.4. The van der Waals surface area contributed by atoms with Crippen LogP contribution in [0, 0.1) is 0 Å². The molecule has 0 aliphatic carbocycles. The monoisotopic (exact) mass is 464 g/mol. The first kappa shape index (κ1) is 21.3. The third kappa shape index (κ3) is 4.12. The van der Waals surface area contributed by atoms with E-state index in [1.54, 1.807) is 23.5 Å². The van der Waals surface area contributed by atoms with Crippen LogP contribution in [-0.2, 0) is 11.3 Å². The number of aliphatic carboxylic acids is 1. The van der Waals surface area contributed by atoms with Gasteiger partial charge in [-0.25, -0.2) is 9.97 Å². The SMILES string of the molecule is CCC1CC(NCc2ccc(Cl)c(Cl)c2)(C(=O)O)CCN1c1ncc2ccsc2n1. The van der Waals surface area contributed by atoms with Crippen LogP contribution in [0.3, 0.4) is 0 Å². The van der Waals surface area contributed by atoms with Gasteiger partial charge in [0, 0.05) is 30.7 Å². The van der Waals surface area contributed by atoms with E-state index in [-0.39, 0.29) is 6.04 Å². The molecule has 3 heterocycles. The van der Waals surface area contributed by atoms with Crippen molar-refractivity contribution in [2.75, 3.05) is 11.4 Å². The minimum atomic E-state index is -1.02. The molecule has 2 aromatic heterocycles. The molecule has 2 atom stereocenters. The number of anilines is 1. The van der Waals surface area contributed by atoms with Crippen LogP contribution in [0.15, 0.2) is 35.8 Å². The van der Waals surface area contributed by atoms with E-state index in [9.17, 15) is 9.90 Å². The summed E-state index contributed by atoms with van der Waals surface area (Å²) in [5.41, 5.74) is -0.122. The average molecular weight is 465 g/mol. The Morgan fingerprint density at radius 3 is 2.93 bits per heavy atom. The highest BCUT2D eigenvalue weighted by atomic mass is 35.5. The molecule has 158 valence electrons. The topological polar surface area (TPSA) is 78.4 Å². The Balaban J connectivity index is 1.54. The van der Waals surface area contributed by atoms with Crippen LogP contribution in [0.2, 0.25) is 10.0 Å². The molecule has 1 saturated heterocycles. The maximum Gasteiger partial charge on any atom is 0.324 e. The third-order valence-electron chi connectivity index (χ3n) is 5.75. The maximum atomic E-state index is 12.3. The molecular weight excluding hydrogens is 443 g/mol. The fourth-order valence-electron chi connectivity index (χ4n) is 3.97. The van der Waals surface area contributed by atoms with Crippen LogP contribution in [0.4, 0.5) is 5.95 Å². The number of carboxylic acid groups (broad SMARTS) is 1. The number of aromatic nitrogens is 2. The standard InChI is InChI=1S/C21H22Cl2N4O2S/c1-2-15-10-21(19(28)29,25-11-13-3-4-16(22)17(23)9-13)6-7-27(15)20-24-12-14-5-8-30-18(14)26-20/h3-5,8-9,12,15,25H,2,6-7,10-11H2,1H3,(H,28,29). The summed E-state index contributed by atoms with van der Waals surface area (Å²) in [4.78, 5) is 24.6. The van der Waals surface area contributed by atoms with E-state index in [1.165, 1.54) is 0 Å². The summed E-state index contributed by atoms with van der Waals surface area (Å²) in [6, 6.07) is 7.37. The highest BCUT2D eigenvalue weighted by Crippen LogP contribution is 2.33. The summed E-state index contributed by atoms with van der Waals surface area (Å²) in [6.07, 6.45) is 3.55. The van der Waals surface area contributed by atoms with Gasteiger partial charge >= 0.3 is 5.97 Å². The van der Waals surface area contributed by atoms with Crippen LogP contribution < -0.4 is 10.2 Å². The van der Waals surface area contributed by atoms with Crippen molar-refractivity contribution < 1.29 is 9.90 Å². The first-order valence-electron chi connectivity index (χ1n) is 9.81. The van der Waals surface area contributed by atoms with Crippen molar-refractivity contribution in [2.45, 2.75) is 44.3 Å². The van der Waals surface area contributed by atoms with E-state index in [0.717, 1.165) is 22.2 Å². The Hall–Kier alpha value is -1.93. The summed E-state index contributed by atoms with van der Waals surface area (Å²) >= 11 is 13.7. The zero-order valence-electron chi connectivity index (χ0n) is 16.4. The Morgan fingerprint density at radius 2 is 2.20 bits per heavy atom. The number of rotatable bonds is 6. The van der Waals surface area contributed by atoms with Crippen molar-refractivity contribution in [2.24, 2.45) is 0 Å². The second kappa shape index (κ2) is 8.67. The van der Waals surface area contributed by atoms with Crippen LogP contribution in [0.5, 0.6) is 0 Å².